The maximum atomic E-state index is 12.3. The van der Waals surface area contributed by atoms with E-state index in [4.69, 9.17) is 16.3 Å². The molecule has 1 atom stereocenters. The van der Waals surface area contributed by atoms with E-state index in [2.05, 4.69) is 5.32 Å². The average Bonchev–Trinajstić information content (AvgIpc) is 2.82. The van der Waals surface area contributed by atoms with Crippen LogP contribution in [0, 0.1) is 0 Å². The highest BCUT2D eigenvalue weighted by Gasteiger charge is 2.25. The van der Waals surface area contributed by atoms with Crippen molar-refractivity contribution >= 4 is 18.7 Å². The fourth-order valence-electron chi connectivity index (χ4n) is 2.77. The van der Waals surface area contributed by atoms with Crippen molar-refractivity contribution in [1.29, 1.82) is 0 Å². The largest absolute Gasteiger partial charge is 0.497 e. The summed E-state index contributed by atoms with van der Waals surface area (Å²) in [6.07, 6.45) is 6.72. The van der Waals surface area contributed by atoms with E-state index in [0.717, 1.165) is 23.3 Å². The summed E-state index contributed by atoms with van der Waals surface area (Å²) in [6, 6.07) is 7.21. The highest BCUT2D eigenvalue weighted by atomic mass is 16.5. The summed E-state index contributed by atoms with van der Waals surface area (Å²) in [6.45, 7) is 10.1. The van der Waals surface area contributed by atoms with Gasteiger partial charge in [-0.15, -0.1) is 0 Å². The van der Waals surface area contributed by atoms with Crippen LogP contribution in [0.1, 0.15) is 59.4 Å². The number of hydrazine groups is 1. The Labute approximate surface area is 199 Å². The lowest BCUT2D eigenvalue weighted by Crippen LogP contribution is -2.47. The number of nitrogens with zero attached hydrogens (tertiary/aromatic N) is 1. The highest BCUT2D eigenvalue weighted by Crippen LogP contribution is 2.16. The number of nitrogens with one attached hydrogen (secondary N) is 1. The summed E-state index contributed by atoms with van der Waals surface area (Å²) in [4.78, 5) is 12.3. The van der Waals surface area contributed by atoms with E-state index in [-0.39, 0.29) is 18.9 Å². The van der Waals surface area contributed by atoms with Crippen molar-refractivity contribution in [2.24, 2.45) is 11.6 Å². The fourth-order valence-corrected chi connectivity index (χ4v) is 2.77. The van der Waals surface area contributed by atoms with Crippen molar-refractivity contribution in [3.63, 3.8) is 0 Å². The summed E-state index contributed by atoms with van der Waals surface area (Å²) >= 11 is 0. The standard InChI is InChI=1S/C22H35BN4O4.C2H6/c1-5-16(3)13-17(6-2)14-21(23(29)30)26-22(28)11-12-27(25)15-20(24)18-7-9-19(31-4)10-8-18;1-2/h6-10,13,15,21,29-30H,5,11-12,14,24-25H2,1-4H3,(H,26,28);1-2H3/b16-13+,17-6+,20-15-;/t21-;/m0./s1. The second-order valence-corrected chi connectivity index (χ2v) is 7.30. The lowest BCUT2D eigenvalue weighted by molar-refractivity contribution is -0.121. The molecule has 7 N–H and O–H groups in total. The zero-order chi connectivity index (χ0) is 25.4. The van der Waals surface area contributed by atoms with Crippen LogP contribution in [0.5, 0.6) is 5.75 Å². The van der Waals surface area contributed by atoms with E-state index in [0.29, 0.717) is 12.1 Å². The maximum Gasteiger partial charge on any atom is 0.475 e. The predicted molar refractivity (Wildman–Crippen MR) is 137 cm³/mol. The van der Waals surface area contributed by atoms with Crippen LogP contribution in [0.2, 0.25) is 0 Å². The van der Waals surface area contributed by atoms with Gasteiger partial charge in [0.1, 0.15) is 5.75 Å². The van der Waals surface area contributed by atoms with Crippen LogP contribution < -0.4 is 21.6 Å². The number of hydrogen-bond donors (Lipinski definition) is 5. The molecule has 1 aromatic carbocycles. The number of methoxy groups -OCH3 is 1. The maximum absolute atomic E-state index is 12.3. The molecule has 0 heterocycles. The quantitative estimate of drug-likeness (QED) is 0.140. The molecular formula is C24H41BN4O4. The average molecular weight is 460 g/mol. The zero-order valence-electron chi connectivity index (χ0n) is 20.8. The fraction of sp³-hybridized carbons (Fsp3) is 0.458. The van der Waals surface area contributed by atoms with Crippen LogP contribution in [-0.4, -0.2) is 47.7 Å². The highest BCUT2D eigenvalue weighted by molar-refractivity contribution is 6.43. The van der Waals surface area contributed by atoms with E-state index in [1.807, 2.05) is 58.9 Å². The van der Waals surface area contributed by atoms with Crippen LogP contribution >= 0.6 is 0 Å². The minimum atomic E-state index is -1.67. The molecule has 0 bridgehead atoms. The SMILES string of the molecule is C/C=C(\C=C(/C)CC)C[C@H](NC(=O)CCN(N)/C=C(\N)c1ccc(OC)cc1)B(O)O.CC. The second kappa shape index (κ2) is 16.8. The molecule has 8 nitrogen and oxygen atoms in total. The number of carbonyl (C=O) groups excluding carboxylic acids is 1. The van der Waals surface area contributed by atoms with Crippen molar-refractivity contribution < 1.29 is 19.6 Å². The first-order valence-electron chi connectivity index (χ1n) is 11.3. The lowest BCUT2D eigenvalue weighted by atomic mass is 9.75. The Balaban J connectivity index is 0.00000497. The first-order valence-corrected chi connectivity index (χ1v) is 11.3. The molecule has 0 aliphatic heterocycles. The molecule has 0 saturated heterocycles. The Morgan fingerprint density at radius 1 is 1.27 bits per heavy atom. The molecule has 33 heavy (non-hydrogen) atoms. The monoisotopic (exact) mass is 460 g/mol. The third kappa shape index (κ3) is 12.2. The van der Waals surface area contributed by atoms with Crippen molar-refractivity contribution in [1.82, 2.24) is 10.3 Å². The van der Waals surface area contributed by atoms with Crippen LogP contribution in [0.15, 0.2) is 53.8 Å². The van der Waals surface area contributed by atoms with Gasteiger partial charge in [0.25, 0.3) is 0 Å². The van der Waals surface area contributed by atoms with Crippen LogP contribution in [0.25, 0.3) is 5.70 Å². The van der Waals surface area contributed by atoms with E-state index in [9.17, 15) is 14.8 Å². The van der Waals surface area contributed by atoms with Gasteiger partial charge >= 0.3 is 7.12 Å². The summed E-state index contributed by atoms with van der Waals surface area (Å²) < 4.78 is 5.12. The third-order valence-electron chi connectivity index (χ3n) is 4.85. The first-order chi connectivity index (χ1) is 15.7. The van der Waals surface area contributed by atoms with Gasteiger partial charge in [-0.3, -0.25) is 4.79 Å². The Kier molecular flexibility index (Phi) is 15.4. The van der Waals surface area contributed by atoms with Crippen molar-refractivity contribution in [2.45, 2.75) is 59.8 Å². The lowest BCUT2D eigenvalue weighted by Gasteiger charge is -2.20. The topological polar surface area (TPSA) is 134 Å². The van der Waals surface area contributed by atoms with Crippen molar-refractivity contribution in [2.75, 3.05) is 13.7 Å². The Morgan fingerprint density at radius 2 is 1.88 bits per heavy atom. The molecule has 0 radical (unpaired) electrons. The number of nitrogens with two attached hydrogens (primary N) is 2. The minimum Gasteiger partial charge on any atom is -0.497 e. The van der Waals surface area contributed by atoms with Gasteiger partial charge in [0.2, 0.25) is 5.91 Å². The molecule has 0 saturated carbocycles. The minimum absolute atomic E-state index is 0.0705. The zero-order valence-corrected chi connectivity index (χ0v) is 20.8. The molecule has 0 unspecified atom stereocenters. The van der Waals surface area contributed by atoms with E-state index in [1.54, 1.807) is 25.4 Å². The van der Waals surface area contributed by atoms with Crippen LogP contribution in [-0.2, 0) is 4.79 Å². The van der Waals surface area contributed by atoms with Gasteiger partial charge in [0.05, 0.1) is 18.7 Å². The molecule has 184 valence electrons. The molecule has 0 spiro atoms. The number of carbonyl (C=O) groups is 1. The smallest absolute Gasteiger partial charge is 0.475 e. The molecule has 9 heteroatoms. The number of rotatable bonds is 12. The van der Waals surface area contributed by atoms with Crippen molar-refractivity contribution in [3.05, 3.63) is 59.3 Å². The summed E-state index contributed by atoms with van der Waals surface area (Å²) in [5.74, 6) is 5.51. The van der Waals surface area contributed by atoms with Gasteiger partial charge in [0.15, 0.2) is 0 Å². The van der Waals surface area contributed by atoms with Crippen LogP contribution in [0.4, 0.5) is 0 Å². The van der Waals surface area contributed by atoms with Crippen molar-refractivity contribution in [3.8, 4) is 5.75 Å². The molecule has 1 rings (SSSR count). The normalized spacial score (nSPS) is 12.9. The van der Waals surface area contributed by atoms with Gasteiger partial charge in [-0.05, 0) is 56.5 Å². The number of amides is 1. The molecule has 1 amide bonds. The number of hydrogen-bond acceptors (Lipinski definition) is 7. The molecule has 1 aromatic rings. The molecule has 0 aromatic heterocycles. The molecule has 0 aliphatic carbocycles. The number of ether oxygens (including phenoxy) is 1. The third-order valence-corrected chi connectivity index (χ3v) is 4.85. The molecule has 0 aliphatic rings. The Morgan fingerprint density at radius 3 is 2.36 bits per heavy atom. The molecule has 0 fully saturated rings. The van der Waals surface area contributed by atoms with Crippen LogP contribution in [0.3, 0.4) is 0 Å². The van der Waals surface area contributed by atoms with Gasteiger partial charge in [-0.1, -0.05) is 44.1 Å². The van der Waals surface area contributed by atoms with E-state index >= 15 is 0 Å². The summed E-state index contributed by atoms with van der Waals surface area (Å²) in [7, 11) is -0.0856. The van der Waals surface area contributed by atoms with Gasteiger partial charge in [-0.2, -0.15) is 0 Å². The predicted octanol–water partition coefficient (Wildman–Crippen LogP) is 2.73. The van der Waals surface area contributed by atoms with Gasteiger partial charge < -0.3 is 30.8 Å². The molecular weight excluding hydrogens is 419 g/mol. The number of benzene rings is 1. The van der Waals surface area contributed by atoms with E-state index < -0.39 is 13.1 Å². The summed E-state index contributed by atoms with van der Waals surface area (Å²) in [5, 5.41) is 23.4. The summed E-state index contributed by atoms with van der Waals surface area (Å²) in [5.41, 5.74) is 9.38. The Hall–Kier alpha value is -2.75. The first kappa shape index (κ1) is 30.3. The van der Waals surface area contributed by atoms with E-state index in [1.165, 1.54) is 10.6 Å². The second-order valence-electron chi connectivity index (χ2n) is 7.30. The Bertz CT molecular complexity index is 792. The van der Waals surface area contributed by atoms with Gasteiger partial charge in [-0.25, -0.2) is 5.84 Å². The van der Waals surface area contributed by atoms with Gasteiger partial charge in [0, 0.05) is 19.2 Å². The number of allylic oxidation sites excluding steroid dienone is 3.